The first-order valence-electron chi connectivity index (χ1n) is 12.6. The molecule has 1 aliphatic carbocycles. The Balaban J connectivity index is 1.51. The Labute approximate surface area is 210 Å². The number of fused-ring (bicyclic) bond motifs is 1. The van der Waals surface area contributed by atoms with Gasteiger partial charge in [0.05, 0.1) is 7.11 Å². The van der Waals surface area contributed by atoms with Gasteiger partial charge in [-0.15, -0.1) is 0 Å². The highest BCUT2D eigenvalue weighted by Crippen LogP contribution is 2.42. The van der Waals surface area contributed by atoms with E-state index in [1.807, 2.05) is 12.1 Å². The SMILES string of the molecule is COc1ccc2c(c1)CCC(c1ccc([B]O)cc1)=C2c1ccc(N2CCN(C(C)C)CC2)cc1. The maximum atomic E-state index is 9.37. The number of anilines is 1. The Morgan fingerprint density at radius 2 is 1.51 bits per heavy atom. The smallest absolute Gasteiger partial charge is 0.326 e. The van der Waals surface area contributed by atoms with Crippen molar-refractivity contribution >= 4 is 29.8 Å². The summed E-state index contributed by atoms with van der Waals surface area (Å²) in [6, 6.07) is 24.4. The van der Waals surface area contributed by atoms with Crippen molar-refractivity contribution < 1.29 is 9.76 Å². The molecule has 1 radical (unpaired) electrons. The molecule has 1 heterocycles. The summed E-state index contributed by atoms with van der Waals surface area (Å²) in [7, 11) is 2.88. The van der Waals surface area contributed by atoms with Crippen LogP contribution in [0.1, 0.15) is 42.5 Å². The van der Waals surface area contributed by atoms with Crippen LogP contribution in [0.25, 0.3) is 11.1 Å². The molecule has 0 aromatic heterocycles. The van der Waals surface area contributed by atoms with Gasteiger partial charge >= 0.3 is 7.48 Å². The molecule has 0 spiro atoms. The minimum absolute atomic E-state index is 0.610. The zero-order valence-electron chi connectivity index (χ0n) is 21.0. The molecule has 3 aromatic rings. The van der Waals surface area contributed by atoms with Crippen LogP contribution in [0.15, 0.2) is 66.7 Å². The van der Waals surface area contributed by atoms with Gasteiger partial charge < -0.3 is 14.7 Å². The Morgan fingerprint density at radius 1 is 0.829 bits per heavy atom. The van der Waals surface area contributed by atoms with Gasteiger partial charge in [-0.1, -0.05) is 47.9 Å². The van der Waals surface area contributed by atoms with Crippen LogP contribution in [0, 0.1) is 0 Å². The molecule has 3 aromatic carbocycles. The number of ether oxygens (including phenoxy) is 1. The van der Waals surface area contributed by atoms with Gasteiger partial charge in [0.15, 0.2) is 0 Å². The zero-order chi connectivity index (χ0) is 24.4. The number of nitrogens with zero attached hydrogens (tertiary/aromatic N) is 2. The molecule has 35 heavy (non-hydrogen) atoms. The minimum atomic E-state index is 0.610. The highest BCUT2D eigenvalue weighted by Gasteiger charge is 2.23. The molecule has 0 amide bonds. The predicted octanol–water partition coefficient (Wildman–Crippen LogP) is 4.37. The molecule has 1 N–H and O–H groups in total. The van der Waals surface area contributed by atoms with Crippen molar-refractivity contribution in [3.8, 4) is 5.75 Å². The van der Waals surface area contributed by atoms with E-state index in [-0.39, 0.29) is 0 Å². The van der Waals surface area contributed by atoms with E-state index in [1.54, 1.807) is 7.11 Å². The average molecular weight is 465 g/mol. The van der Waals surface area contributed by atoms with Crippen LogP contribution in [-0.2, 0) is 6.42 Å². The third kappa shape index (κ3) is 4.89. The number of hydrogen-bond donors (Lipinski definition) is 1. The van der Waals surface area contributed by atoms with Crippen molar-refractivity contribution in [1.82, 2.24) is 4.90 Å². The lowest BCUT2D eigenvalue weighted by atomic mass is 9.79. The molecule has 5 heteroatoms. The van der Waals surface area contributed by atoms with Gasteiger partial charge in [-0.25, -0.2) is 0 Å². The molecule has 0 unspecified atom stereocenters. The molecule has 0 saturated carbocycles. The minimum Gasteiger partial charge on any atom is -0.497 e. The van der Waals surface area contributed by atoms with Crippen LogP contribution in [0.4, 0.5) is 5.69 Å². The fourth-order valence-electron chi connectivity index (χ4n) is 5.42. The predicted molar refractivity (Wildman–Crippen MR) is 147 cm³/mol. The first-order valence-corrected chi connectivity index (χ1v) is 12.6. The molecule has 1 fully saturated rings. The molecule has 0 bridgehead atoms. The third-order valence-corrected chi connectivity index (χ3v) is 7.50. The average Bonchev–Trinajstić information content (AvgIpc) is 2.92. The van der Waals surface area contributed by atoms with Gasteiger partial charge in [0, 0.05) is 37.9 Å². The van der Waals surface area contributed by atoms with E-state index in [2.05, 4.69) is 78.2 Å². The van der Waals surface area contributed by atoms with Crippen molar-refractivity contribution in [3.63, 3.8) is 0 Å². The lowest BCUT2D eigenvalue weighted by Gasteiger charge is -2.38. The van der Waals surface area contributed by atoms with Gasteiger partial charge in [0.1, 0.15) is 5.75 Å². The summed E-state index contributed by atoms with van der Waals surface area (Å²) in [5.41, 5.74) is 9.83. The Kier molecular flexibility index (Phi) is 6.98. The molecule has 4 nitrogen and oxygen atoms in total. The molecular weight excluding hydrogens is 431 g/mol. The maximum Gasteiger partial charge on any atom is 0.326 e. The Bertz CT molecular complexity index is 1190. The van der Waals surface area contributed by atoms with Gasteiger partial charge in [-0.05, 0) is 84.4 Å². The maximum absolute atomic E-state index is 9.37. The van der Waals surface area contributed by atoms with Crippen LogP contribution < -0.4 is 15.1 Å². The summed E-state index contributed by atoms with van der Waals surface area (Å²) in [6.07, 6.45) is 1.95. The number of hydrogen-bond acceptors (Lipinski definition) is 4. The first-order chi connectivity index (χ1) is 17.1. The highest BCUT2D eigenvalue weighted by atomic mass is 16.5. The van der Waals surface area contributed by atoms with E-state index in [0.29, 0.717) is 6.04 Å². The van der Waals surface area contributed by atoms with Gasteiger partial charge in [-0.2, -0.15) is 0 Å². The first kappa shape index (κ1) is 23.7. The summed E-state index contributed by atoms with van der Waals surface area (Å²) in [6.45, 7) is 8.94. The second-order valence-electron chi connectivity index (χ2n) is 9.79. The van der Waals surface area contributed by atoms with Crippen molar-refractivity contribution in [2.24, 2.45) is 0 Å². The van der Waals surface area contributed by atoms with Crippen LogP contribution in [0.5, 0.6) is 5.75 Å². The summed E-state index contributed by atoms with van der Waals surface area (Å²) in [5, 5.41) is 9.37. The summed E-state index contributed by atoms with van der Waals surface area (Å²) >= 11 is 0. The fourth-order valence-corrected chi connectivity index (χ4v) is 5.42. The van der Waals surface area contributed by atoms with Crippen molar-refractivity contribution in [2.45, 2.75) is 32.7 Å². The zero-order valence-corrected chi connectivity index (χ0v) is 21.0. The normalized spacial score (nSPS) is 16.4. The largest absolute Gasteiger partial charge is 0.497 e. The van der Waals surface area contributed by atoms with Crippen molar-refractivity contribution in [3.05, 3.63) is 89.0 Å². The molecule has 1 aliphatic heterocycles. The van der Waals surface area contributed by atoms with Crippen molar-refractivity contribution in [1.29, 1.82) is 0 Å². The molecule has 2 aliphatic rings. The van der Waals surface area contributed by atoms with E-state index in [4.69, 9.17) is 4.74 Å². The summed E-state index contributed by atoms with van der Waals surface area (Å²) in [4.78, 5) is 5.05. The van der Waals surface area contributed by atoms with E-state index >= 15 is 0 Å². The van der Waals surface area contributed by atoms with Crippen LogP contribution in [0.2, 0.25) is 0 Å². The molecule has 0 atom stereocenters. The van der Waals surface area contributed by atoms with E-state index in [9.17, 15) is 5.02 Å². The molecule has 179 valence electrons. The van der Waals surface area contributed by atoms with Crippen LogP contribution in [-0.4, -0.2) is 56.7 Å². The lowest BCUT2D eigenvalue weighted by Crippen LogP contribution is -2.48. The standard InChI is InChI=1S/C30H34BN2O2/c1-21(2)32-16-18-33(19-17-32)26-11-6-23(7-12-26)30-28(22-4-9-25(31-34)10-5-22)14-8-24-20-27(35-3)13-15-29(24)30/h4-7,9-13,15,20-21,34H,8,14,16-19H2,1-3H3. The molecule has 5 rings (SSSR count). The number of aryl methyl sites for hydroxylation is 1. The van der Waals surface area contributed by atoms with Gasteiger partial charge in [0.2, 0.25) is 0 Å². The summed E-state index contributed by atoms with van der Waals surface area (Å²) < 4.78 is 5.51. The Hall–Kier alpha value is -3.02. The number of benzene rings is 3. The number of methoxy groups -OCH3 is 1. The van der Waals surface area contributed by atoms with Gasteiger partial charge in [0.25, 0.3) is 0 Å². The van der Waals surface area contributed by atoms with Gasteiger partial charge in [-0.3, -0.25) is 4.90 Å². The molecular formula is C30H34BN2O2. The summed E-state index contributed by atoms with van der Waals surface area (Å²) in [5.74, 6) is 0.908. The monoisotopic (exact) mass is 465 g/mol. The quantitative estimate of drug-likeness (QED) is 0.549. The number of allylic oxidation sites excluding steroid dienone is 1. The van der Waals surface area contributed by atoms with E-state index < -0.39 is 0 Å². The van der Waals surface area contributed by atoms with Crippen molar-refractivity contribution in [2.75, 3.05) is 38.2 Å². The van der Waals surface area contributed by atoms with E-state index in [0.717, 1.165) is 57.7 Å². The second-order valence-corrected chi connectivity index (χ2v) is 9.79. The third-order valence-electron chi connectivity index (χ3n) is 7.50. The lowest BCUT2D eigenvalue weighted by molar-refractivity contribution is 0.209. The van der Waals surface area contributed by atoms with Crippen LogP contribution in [0.3, 0.4) is 0 Å². The number of rotatable bonds is 6. The van der Waals surface area contributed by atoms with Crippen LogP contribution >= 0.6 is 0 Å². The molecule has 1 saturated heterocycles. The highest BCUT2D eigenvalue weighted by molar-refractivity contribution is 6.45. The fraction of sp³-hybridized carbons (Fsp3) is 0.333. The topological polar surface area (TPSA) is 35.9 Å². The Morgan fingerprint density at radius 3 is 2.14 bits per heavy atom. The number of piperazine rings is 1. The van der Waals surface area contributed by atoms with E-state index in [1.165, 1.54) is 39.1 Å². The second kappa shape index (κ2) is 10.3.